The molecule has 2 rings (SSSR count). The average molecular weight is 362 g/mol. The fourth-order valence-electron chi connectivity index (χ4n) is 2.03. The van der Waals surface area contributed by atoms with E-state index < -0.39 is 0 Å². The van der Waals surface area contributed by atoms with Crippen LogP contribution in [0.2, 0.25) is 0 Å². The highest BCUT2D eigenvalue weighted by Crippen LogP contribution is 2.23. The largest absolute Gasteiger partial charge is 0.383 e. The lowest BCUT2D eigenvalue weighted by Gasteiger charge is -2.16. The lowest BCUT2D eigenvalue weighted by atomic mass is 10.2. The van der Waals surface area contributed by atoms with Crippen LogP contribution in [0.1, 0.15) is 19.4 Å². The van der Waals surface area contributed by atoms with Crippen LogP contribution in [0, 0.1) is 8.34 Å². The highest BCUT2D eigenvalue weighted by molar-refractivity contribution is 14.1. The smallest absolute Gasteiger partial charge is 0.178 e. The number of halogens is 1. The molecule has 0 saturated carbocycles. The van der Waals surface area contributed by atoms with Crippen molar-refractivity contribution >= 4 is 45.8 Å². The van der Waals surface area contributed by atoms with Gasteiger partial charge >= 0.3 is 0 Å². The van der Waals surface area contributed by atoms with Gasteiger partial charge < -0.3 is 14.3 Å². The number of hydrogen-bond acceptors (Lipinski definition) is 2. The van der Waals surface area contributed by atoms with E-state index in [2.05, 4.69) is 57.3 Å². The van der Waals surface area contributed by atoms with Crippen LogP contribution in [0.4, 0.5) is 0 Å². The molecular weight excluding hydrogens is 347 g/mol. The van der Waals surface area contributed by atoms with Crippen molar-refractivity contribution in [3.63, 3.8) is 0 Å². The number of methoxy groups -OCH3 is 1. The summed E-state index contributed by atoms with van der Waals surface area (Å²) in [6, 6.07) is 6.62. The average Bonchev–Trinajstić information content (AvgIpc) is 2.61. The lowest BCUT2D eigenvalue weighted by Crippen LogP contribution is -2.13. The minimum atomic E-state index is 0.293. The number of aromatic amines is 1. The molecule has 0 amide bonds. The van der Waals surface area contributed by atoms with Crippen molar-refractivity contribution in [2.75, 3.05) is 13.7 Å². The SMILES string of the molecule is CCC(COC)n1c(=S)[nH]c2cc(I)ccc21. The first kappa shape index (κ1) is 13.0. The Morgan fingerprint density at radius 1 is 1.53 bits per heavy atom. The predicted molar refractivity (Wildman–Crippen MR) is 81.0 cm³/mol. The third-order valence-corrected chi connectivity index (χ3v) is 3.84. The van der Waals surface area contributed by atoms with E-state index in [-0.39, 0.29) is 0 Å². The molecule has 0 aliphatic rings. The van der Waals surface area contributed by atoms with Crippen LogP contribution < -0.4 is 0 Å². The number of nitrogens with one attached hydrogen (secondary N) is 1. The lowest BCUT2D eigenvalue weighted by molar-refractivity contribution is 0.154. The first-order valence-electron chi connectivity index (χ1n) is 5.56. The number of imidazole rings is 1. The molecule has 1 aromatic carbocycles. The summed E-state index contributed by atoms with van der Waals surface area (Å²) in [5.41, 5.74) is 2.25. The Kier molecular flexibility index (Phi) is 4.22. The number of nitrogens with zero attached hydrogens (tertiary/aromatic N) is 1. The molecule has 17 heavy (non-hydrogen) atoms. The van der Waals surface area contributed by atoms with Gasteiger partial charge in [-0.25, -0.2) is 0 Å². The van der Waals surface area contributed by atoms with E-state index in [1.807, 2.05) is 0 Å². The minimum Gasteiger partial charge on any atom is -0.383 e. The molecule has 92 valence electrons. The molecule has 1 N–H and O–H groups in total. The van der Waals surface area contributed by atoms with E-state index in [4.69, 9.17) is 17.0 Å². The standard InChI is InChI=1S/C12H15IN2OS/c1-3-9(7-16-2)15-11-5-4-8(13)6-10(11)14-12(15)17/h4-6,9H,3,7H2,1-2H3,(H,14,17). The molecule has 0 aliphatic heterocycles. The van der Waals surface area contributed by atoms with Crippen molar-refractivity contribution in [2.24, 2.45) is 0 Å². The third kappa shape index (κ3) is 2.56. The first-order valence-corrected chi connectivity index (χ1v) is 7.04. The summed E-state index contributed by atoms with van der Waals surface area (Å²) in [4.78, 5) is 3.26. The zero-order valence-electron chi connectivity index (χ0n) is 9.87. The summed E-state index contributed by atoms with van der Waals surface area (Å²) >= 11 is 7.71. The Labute approximate surface area is 119 Å². The molecule has 0 aliphatic carbocycles. The van der Waals surface area contributed by atoms with Crippen molar-refractivity contribution in [3.05, 3.63) is 26.5 Å². The van der Waals surface area contributed by atoms with Gasteiger partial charge in [-0.2, -0.15) is 0 Å². The molecule has 1 atom stereocenters. The van der Waals surface area contributed by atoms with Crippen molar-refractivity contribution in [3.8, 4) is 0 Å². The van der Waals surface area contributed by atoms with Crippen molar-refractivity contribution in [1.82, 2.24) is 9.55 Å². The number of hydrogen-bond donors (Lipinski definition) is 1. The van der Waals surface area contributed by atoms with Crippen LogP contribution >= 0.6 is 34.8 Å². The molecule has 0 spiro atoms. The van der Waals surface area contributed by atoms with Gasteiger partial charge in [0.25, 0.3) is 0 Å². The van der Waals surface area contributed by atoms with E-state index in [1.54, 1.807) is 7.11 Å². The molecule has 0 radical (unpaired) electrons. The number of benzene rings is 1. The highest BCUT2D eigenvalue weighted by Gasteiger charge is 2.13. The van der Waals surface area contributed by atoms with Gasteiger partial charge in [0, 0.05) is 10.7 Å². The molecule has 1 unspecified atom stereocenters. The van der Waals surface area contributed by atoms with Crippen molar-refractivity contribution in [1.29, 1.82) is 0 Å². The van der Waals surface area contributed by atoms with E-state index in [9.17, 15) is 0 Å². The third-order valence-electron chi connectivity index (χ3n) is 2.87. The van der Waals surface area contributed by atoms with E-state index >= 15 is 0 Å². The van der Waals surface area contributed by atoms with E-state index in [0.717, 1.165) is 22.2 Å². The van der Waals surface area contributed by atoms with Gasteiger partial charge in [0.15, 0.2) is 4.77 Å². The van der Waals surface area contributed by atoms with E-state index in [0.29, 0.717) is 12.6 Å². The molecule has 3 nitrogen and oxygen atoms in total. The summed E-state index contributed by atoms with van der Waals surface area (Å²) in [5.74, 6) is 0. The van der Waals surface area contributed by atoms with Crippen LogP contribution in [-0.2, 0) is 4.74 Å². The number of fused-ring (bicyclic) bond motifs is 1. The van der Waals surface area contributed by atoms with Crippen molar-refractivity contribution in [2.45, 2.75) is 19.4 Å². The molecule has 1 aromatic heterocycles. The predicted octanol–water partition coefficient (Wildman–Crippen LogP) is 3.90. The van der Waals surface area contributed by atoms with Gasteiger partial charge in [-0.15, -0.1) is 0 Å². The maximum Gasteiger partial charge on any atom is 0.178 e. The second-order valence-electron chi connectivity index (χ2n) is 3.98. The Hall–Kier alpha value is -0.400. The number of ether oxygens (including phenoxy) is 1. The molecule has 5 heteroatoms. The maximum atomic E-state index is 5.40. The van der Waals surface area contributed by atoms with Gasteiger partial charge in [0.1, 0.15) is 0 Å². The second-order valence-corrected chi connectivity index (χ2v) is 5.61. The first-order chi connectivity index (χ1) is 8.17. The zero-order chi connectivity index (χ0) is 12.4. The van der Waals surface area contributed by atoms with Crippen LogP contribution in [-0.4, -0.2) is 23.3 Å². The van der Waals surface area contributed by atoms with E-state index in [1.165, 1.54) is 3.57 Å². The fraction of sp³-hybridized carbons (Fsp3) is 0.417. The summed E-state index contributed by atoms with van der Waals surface area (Å²) in [6.45, 7) is 2.83. The Bertz CT molecular complexity index is 575. The second kappa shape index (κ2) is 5.49. The zero-order valence-corrected chi connectivity index (χ0v) is 12.8. The van der Waals surface area contributed by atoms with Gasteiger partial charge in [0.05, 0.1) is 23.7 Å². The fourth-order valence-corrected chi connectivity index (χ4v) is 2.88. The van der Waals surface area contributed by atoms with Crippen LogP contribution in [0.5, 0.6) is 0 Å². The summed E-state index contributed by atoms with van der Waals surface area (Å²) in [7, 11) is 1.73. The normalized spacial score (nSPS) is 13.1. The number of rotatable bonds is 4. The monoisotopic (exact) mass is 362 g/mol. The molecular formula is C12H15IN2OS. The molecule has 0 bridgehead atoms. The maximum absolute atomic E-state index is 5.40. The van der Waals surface area contributed by atoms with Crippen LogP contribution in [0.25, 0.3) is 11.0 Å². The van der Waals surface area contributed by atoms with Crippen LogP contribution in [0.3, 0.4) is 0 Å². The molecule has 1 heterocycles. The summed E-state index contributed by atoms with van der Waals surface area (Å²) < 4.78 is 9.40. The molecule has 0 fully saturated rings. The summed E-state index contributed by atoms with van der Waals surface area (Å²) in [5, 5.41) is 0. The molecule has 0 saturated heterocycles. The Morgan fingerprint density at radius 3 is 2.94 bits per heavy atom. The minimum absolute atomic E-state index is 0.293. The van der Waals surface area contributed by atoms with Gasteiger partial charge in [-0.3, -0.25) is 0 Å². The Morgan fingerprint density at radius 2 is 2.29 bits per heavy atom. The quantitative estimate of drug-likeness (QED) is 0.661. The van der Waals surface area contributed by atoms with Crippen molar-refractivity contribution < 1.29 is 4.74 Å². The van der Waals surface area contributed by atoms with Gasteiger partial charge in [-0.1, -0.05) is 6.92 Å². The van der Waals surface area contributed by atoms with Gasteiger partial charge in [-0.05, 0) is 59.4 Å². The van der Waals surface area contributed by atoms with Crippen LogP contribution in [0.15, 0.2) is 18.2 Å². The number of H-pyrrole nitrogens is 1. The number of aromatic nitrogens is 2. The molecule has 2 aromatic rings. The topological polar surface area (TPSA) is 29.9 Å². The van der Waals surface area contributed by atoms with Gasteiger partial charge in [0.2, 0.25) is 0 Å². The Balaban J connectivity index is 2.59. The summed E-state index contributed by atoms with van der Waals surface area (Å²) in [6.07, 6.45) is 1.00. The highest BCUT2D eigenvalue weighted by atomic mass is 127.